The molecular weight excluding hydrogens is 326 g/mol. The minimum atomic E-state index is -0.121. The molecule has 0 radical (unpaired) electrons. The summed E-state index contributed by atoms with van der Waals surface area (Å²) in [7, 11) is 0. The van der Waals surface area contributed by atoms with Crippen LogP contribution in [0.25, 0.3) is 0 Å². The van der Waals surface area contributed by atoms with Gasteiger partial charge in [-0.15, -0.1) is 11.3 Å². The van der Waals surface area contributed by atoms with Gasteiger partial charge in [-0.25, -0.2) is 0 Å². The van der Waals surface area contributed by atoms with Crippen molar-refractivity contribution in [3.05, 3.63) is 51.1 Å². The zero-order chi connectivity index (χ0) is 13.7. The molecule has 0 aliphatic rings. The summed E-state index contributed by atoms with van der Waals surface area (Å²) in [6.45, 7) is 1.99. The number of amides is 1. The maximum Gasteiger partial charge on any atom is 0.258 e. The number of hydrogen-bond acceptors (Lipinski definition) is 3. The average molecular weight is 340 g/mol. The predicted molar refractivity (Wildman–Crippen MR) is 80.5 cm³/mol. The molecule has 0 aliphatic heterocycles. The summed E-state index contributed by atoms with van der Waals surface area (Å²) in [5.74, 6) is 0.561. The minimum Gasteiger partial charge on any atom is -0.484 e. The largest absolute Gasteiger partial charge is 0.484 e. The maximum absolute atomic E-state index is 11.7. The Labute approximate surface area is 124 Å². The van der Waals surface area contributed by atoms with Gasteiger partial charge in [0.05, 0.1) is 6.04 Å². The van der Waals surface area contributed by atoms with Gasteiger partial charge < -0.3 is 10.1 Å². The van der Waals surface area contributed by atoms with E-state index in [4.69, 9.17) is 4.74 Å². The first kappa shape index (κ1) is 14.1. The monoisotopic (exact) mass is 339 g/mol. The molecule has 0 aliphatic carbocycles. The van der Waals surface area contributed by atoms with Gasteiger partial charge in [0.15, 0.2) is 6.61 Å². The fraction of sp³-hybridized carbons (Fsp3) is 0.214. The summed E-state index contributed by atoms with van der Waals surface area (Å²) in [6, 6.07) is 11.4. The molecule has 0 bridgehead atoms. The fourth-order valence-electron chi connectivity index (χ4n) is 1.57. The van der Waals surface area contributed by atoms with Crippen molar-refractivity contribution in [2.75, 3.05) is 6.61 Å². The van der Waals surface area contributed by atoms with Crippen LogP contribution in [0.5, 0.6) is 5.75 Å². The van der Waals surface area contributed by atoms with Gasteiger partial charge in [-0.05, 0) is 42.6 Å². The highest BCUT2D eigenvalue weighted by Crippen LogP contribution is 2.18. The Balaban J connectivity index is 1.80. The molecule has 5 heteroatoms. The number of carbonyl (C=O) groups excluding carboxylic acids is 1. The normalized spacial score (nSPS) is 11.9. The highest BCUT2D eigenvalue weighted by Gasteiger charge is 2.10. The summed E-state index contributed by atoms with van der Waals surface area (Å²) >= 11 is 4.97. The van der Waals surface area contributed by atoms with Gasteiger partial charge in [-0.1, -0.05) is 22.0 Å². The first-order valence-corrected chi connectivity index (χ1v) is 7.53. The smallest absolute Gasteiger partial charge is 0.258 e. The number of carbonyl (C=O) groups is 1. The summed E-state index contributed by atoms with van der Waals surface area (Å²) in [4.78, 5) is 12.9. The SMILES string of the molecule is CC(NC(=O)COc1ccc(Br)cc1)c1cccs1. The summed E-state index contributed by atoms with van der Waals surface area (Å²) in [5, 5.41) is 4.90. The highest BCUT2D eigenvalue weighted by molar-refractivity contribution is 9.10. The molecule has 1 aromatic heterocycles. The molecule has 100 valence electrons. The number of rotatable bonds is 5. The van der Waals surface area contributed by atoms with Crippen LogP contribution in [0.2, 0.25) is 0 Å². The summed E-state index contributed by atoms with van der Waals surface area (Å²) < 4.78 is 6.39. The number of thiophene rings is 1. The van der Waals surface area contributed by atoms with Gasteiger partial charge in [-0.3, -0.25) is 4.79 Å². The van der Waals surface area contributed by atoms with Crippen LogP contribution in [0.4, 0.5) is 0 Å². The summed E-state index contributed by atoms with van der Waals surface area (Å²) in [5.41, 5.74) is 0. The van der Waals surface area contributed by atoms with Crippen molar-refractivity contribution >= 4 is 33.2 Å². The van der Waals surface area contributed by atoms with Crippen LogP contribution in [-0.4, -0.2) is 12.5 Å². The van der Waals surface area contributed by atoms with Crippen molar-refractivity contribution < 1.29 is 9.53 Å². The molecule has 1 heterocycles. The predicted octanol–water partition coefficient (Wildman–Crippen LogP) is 3.77. The second-order valence-electron chi connectivity index (χ2n) is 4.05. The molecule has 3 nitrogen and oxygen atoms in total. The number of benzene rings is 1. The molecule has 2 rings (SSSR count). The molecule has 1 aromatic carbocycles. The van der Waals surface area contributed by atoms with Crippen molar-refractivity contribution in [2.24, 2.45) is 0 Å². The highest BCUT2D eigenvalue weighted by atomic mass is 79.9. The third-order valence-electron chi connectivity index (χ3n) is 2.53. The van der Waals surface area contributed by atoms with Crippen LogP contribution in [-0.2, 0) is 4.79 Å². The lowest BCUT2D eigenvalue weighted by Gasteiger charge is -2.12. The van der Waals surface area contributed by atoms with E-state index in [0.717, 1.165) is 9.35 Å². The van der Waals surface area contributed by atoms with Gasteiger partial charge in [0.2, 0.25) is 0 Å². The van der Waals surface area contributed by atoms with Gasteiger partial charge in [0.1, 0.15) is 5.75 Å². The quantitative estimate of drug-likeness (QED) is 0.900. The van der Waals surface area contributed by atoms with Crippen molar-refractivity contribution in [3.63, 3.8) is 0 Å². The first-order chi connectivity index (χ1) is 9.15. The molecule has 0 saturated carbocycles. The molecule has 1 unspecified atom stereocenters. The number of nitrogens with one attached hydrogen (secondary N) is 1. The lowest BCUT2D eigenvalue weighted by Crippen LogP contribution is -2.30. The van der Waals surface area contributed by atoms with E-state index in [1.54, 1.807) is 11.3 Å². The Morgan fingerprint density at radius 1 is 1.37 bits per heavy atom. The van der Waals surface area contributed by atoms with Crippen LogP contribution in [0.3, 0.4) is 0 Å². The Morgan fingerprint density at radius 3 is 2.74 bits per heavy atom. The maximum atomic E-state index is 11.7. The van der Waals surface area contributed by atoms with Crippen LogP contribution in [0.15, 0.2) is 46.3 Å². The lowest BCUT2D eigenvalue weighted by molar-refractivity contribution is -0.123. The van der Waals surface area contributed by atoms with E-state index in [1.807, 2.05) is 48.7 Å². The van der Waals surface area contributed by atoms with Crippen LogP contribution in [0, 0.1) is 0 Å². The lowest BCUT2D eigenvalue weighted by atomic mass is 10.3. The zero-order valence-electron chi connectivity index (χ0n) is 10.4. The standard InChI is InChI=1S/C14H14BrNO2S/c1-10(13-3-2-8-19-13)16-14(17)9-18-12-6-4-11(15)5-7-12/h2-8,10H,9H2,1H3,(H,16,17). The Kier molecular flexibility index (Phi) is 4.99. The Morgan fingerprint density at radius 2 is 2.11 bits per heavy atom. The second kappa shape index (κ2) is 6.73. The summed E-state index contributed by atoms with van der Waals surface area (Å²) in [6.07, 6.45) is 0. The van der Waals surface area contributed by atoms with E-state index in [9.17, 15) is 4.79 Å². The van der Waals surface area contributed by atoms with E-state index in [0.29, 0.717) is 5.75 Å². The van der Waals surface area contributed by atoms with Crippen molar-refractivity contribution in [3.8, 4) is 5.75 Å². The molecule has 19 heavy (non-hydrogen) atoms. The third kappa shape index (κ3) is 4.36. The van der Waals surface area contributed by atoms with Gasteiger partial charge in [-0.2, -0.15) is 0 Å². The molecule has 1 amide bonds. The van der Waals surface area contributed by atoms with E-state index in [2.05, 4.69) is 21.2 Å². The molecule has 0 fully saturated rings. The van der Waals surface area contributed by atoms with E-state index in [-0.39, 0.29) is 18.6 Å². The Bertz CT molecular complexity index is 525. The van der Waals surface area contributed by atoms with Gasteiger partial charge in [0, 0.05) is 9.35 Å². The minimum absolute atomic E-state index is 0.0148. The van der Waals surface area contributed by atoms with E-state index < -0.39 is 0 Å². The van der Waals surface area contributed by atoms with Crippen molar-refractivity contribution in [1.29, 1.82) is 0 Å². The van der Waals surface area contributed by atoms with E-state index >= 15 is 0 Å². The number of hydrogen-bond donors (Lipinski definition) is 1. The van der Waals surface area contributed by atoms with Crippen molar-refractivity contribution in [2.45, 2.75) is 13.0 Å². The molecular formula is C14H14BrNO2S. The van der Waals surface area contributed by atoms with Crippen molar-refractivity contribution in [1.82, 2.24) is 5.32 Å². The number of ether oxygens (including phenoxy) is 1. The fourth-order valence-corrected chi connectivity index (χ4v) is 2.57. The Hall–Kier alpha value is -1.33. The topological polar surface area (TPSA) is 38.3 Å². The molecule has 1 atom stereocenters. The molecule has 0 saturated heterocycles. The van der Waals surface area contributed by atoms with Gasteiger partial charge >= 0.3 is 0 Å². The van der Waals surface area contributed by atoms with Gasteiger partial charge in [0.25, 0.3) is 5.91 Å². The third-order valence-corrected chi connectivity index (χ3v) is 4.11. The molecule has 2 aromatic rings. The number of halogens is 1. The zero-order valence-corrected chi connectivity index (χ0v) is 12.8. The molecule has 1 N–H and O–H groups in total. The van der Waals surface area contributed by atoms with E-state index in [1.165, 1.54) is 0 Å². The second-order valence-corrected chi connectivity index (χ2v) is 5.94. The first-order valence-electron chi connectivity index (χ1n) is 5.86. The average Bonchev–Trinajstić information content (AvgIpc) is 2.92. The van der Waals surface area contributed by atoms with Crippen LogP contribution < -0.4 is 10.1 Å². The van der Waals surface area contributed by atoms with Crippen LogP contribution in [0.1, 0.15) is 17.8 Å². The molecule has 0 spiro atoms. The van der Waals surface area contributed by atoms with Crippen LogP contribution >= 0.6 is 27.3 Å².